The van der Waals surface area contributed by atoms with Crippen LogP contribution in [-0.2, 0) is 14.3 Å². The zero-order valence-corrected chi connectivity index (χ0v) is 32.5. The molecule has 9 atom stereocenters. The fourth-order valence-corrected chi connectivity index (χ4v) is 6.44. The number of rotatable bonds is 33. The third-order valence-corrected chi connectivity index (χ3v) is 9.98. The third-order valence-electron chi connectivity index (χ3n) is 9.98. The van der Waals surface area contributed by atoms with Gasteiger partial charge in [0.05, 0.1) is 25.4 Å². The summed E-state index contributed by atoms with van der Waals surface area (Å²) in [5.74, 6) is -0.713. The summed E-state index contributed by atoms with van der Waals surface area (Å²) >= 11 is 0. The second-order valence-corrected chi connectivity index (χ2v) is 14.7. The Morgan fingerprint density at radius 3 is 1.69 bits per heavy atom. The highest BCUT2D eigenvalue weighted by Gasteiger charge is 2.44. The van der Waals surface area contributed by atoms with Crippen molar-refractivity contribution in [1.82, 2.24) is 5.32 Å². The summed E-state index contributed by atoms with van der Waals surface area (Å²) < 4.78 is 11.0. The number of allylic oxidation sites excluding steroid dienone is 4. The number of ether oxygens (including phenoxy) is 2. The van der Waals surface area contributed by atoms with E-state index in [0.717, 1.165) is 38.5 Å². The number of hydrogen-bond acceptors (Lipinski definition) is 10. The lowest BCUT2D eigenvalue weighted by atomic mass is 9.98. The standard InChI is InChI=1S/C41H77NO10/c1-3-5-7-9-11-13-15-16-17-19-21-23-25-27-29-34(45)40(50)42-32(31-51-41-39(49)38(48)37(47)35(30-43)52-41)36(46)33(44)28-26-24-22-20-18-14-12-10-8-6-4-2/h10,12,20,22,32-39,41,43-49H,3-9,11,13-19,21,23-31H2,1-2H3,(H,42,50)/b12-10+,22-20+. The summed E-state index contributed by atoms with van der Waals surface area (Å²) in [7, 11) is 0. The summed E-state index contributed by atoms with van der Waals surface area (Å²) in [5, 5.41) is 75.2. The molecule has 9 unspecified atom stereocenters. The molecule has 1 aliphatic rings. The molecule has 0 aliphatic carbocycles. The molecule has 8 N–H and O–H groups in total. The van der Waals surface area contributed by atoms with Crippen LogP contribution in [0.1, 0.15) is 162 Å². The predicted octanol–water partition coefficient (Wildman–Crippen LogP) is 5.49. The summed E-state index contributed by atoms with van der Waals surface area (Å²) in [5.41, 5.74) is 0. The van der Waals surface area contributed by atoms with Crippen LogP contribution in [0.2, 0.25) is 0 Å². The molecule has 0 spiro atoms. The van der Waals surface area contributed by atoms with Crippen LogP contribution in [0.4, 0.5) is 0 Å². The molecule has 1 heterocycles. The van der Waals surface area contributed by atoms with Crippen LogP contribution in [0.3, 0.4) is 0 Å². The molecule has 0 bridgehead atoms. The van der Waals surface area contributed by atoms with Gasteiger partial charge in [0.25, 0.3) is 0 Å². The number of aliphatic hydroxyl groups is 7. The van der Waals surface area contributed by atoms with Crippen LogP contribution >= 0.6 is 0 Å². The zero-order valence-electron chi connectivity index (χ0n) is 32.5. The molecule has 52 heavy (non-hydrogen) atoms. The van der Waals surface area contributed by atoms with Crippen LogP contribution in [0.15, 0.2) is 24.3 Å². The molecule has 306 valence electrons. The molecule has 1 fully saturated rings. The Hall–Kier alpha value is -1.41. The van der Waals surface area contributed by atoms with Crippen molar-refractivity contribution in [2.45, 2.75) is 217 Å². The molecular formula is C41H77NO10. The van der Waals surface area contributed by atoms with Crippen LogP contribution < -0.4 is 5.32 Å². The first kappa shape index (κ1) is 48.6. The summed E-state index contributed by atoms with van der Waals surface area (Å²) in [6.45, 7) is 3.34. The van der Waals surface area contributed by atoms with E-state index in [1.807, 2.05) is 6.08 Å². The van der Waals surface area contributed by atoms with Gasteiger partial charge in [-0.2, -0.15) is 0 Å². The third kappa shape index (κ3) is 22.1. The minimum Gasteiger partial charge on any atom is -0.394 e. The average Bonchev–Trinajstić information content (AvgIpc) is 3.14. The van der Waals surface area contributed by atoms with E-state index < -0.39 is 74.2 Å². The minimum atomic E-state index is -1.67. The summed E-state index contributed by atoms with van der Waals surface area (Å²) in [6, 6.07) is -1.18. The molecule has 11 nitrogen and oxygen atoms in total. The van der Waals surface area contributed by atoms with E-state index in [1.165, 1.54) is 77.0 Å². The van der Waals surface area contributed by atoms with Crippen LogP contribution in [-0.4, -0.2) is 110 Å². The SMILES string of the molecule is CCCC/C=C/CC/C=C/CCCC(O)C(O)C(COC1OC(CO)C(O)C(O)C1O)NC(=O)C(O)CCCCCCCCCCCCCCCC. The zero-order chi connectivity index (χ0) is 38.4. The molecule has 1 saturated heterocycles. The first-order valence-electron chi connectivity index (χ1n) is 20.7. The number of aliphatic hydroxyl groups excluding tert-OH is 7. The topological polar surface area (TPSA) is 189 Å². The lowest BCUT2D eigenvalue weighted by molar-refractivity contribution is -0.303. The summed E-state index contributed by atoms with van der Waals surface area (Å²) in [6.07, 6.45) is 21.0. The molecule has 0 saturated carbocycles. The van der Waals surface area contributed by atoms with Gasteiger partial charge in [0.2, 0.25) is 5.91 Å². The molecule has 0 aromatic heterocycles. The Balaban J connectivity index is 2.55. The molecule has 0 radical (unpaired) electrons. The highest BCUT2D eigenvalue weighted by molar-refractivity contribution is 5.80. The van der Waals surface area contributed by atoms with Crippen LogP contribution in [0.25, 0.3) is 0 Å². The Kier molecular flexibility index (Phi) is 29.8. The van der Waals surface area contributed by atoms with Gasteiger partial charge >= 0.3 is 0 Å². The maximum Gasteiger partial charge on any atom is 0.249 e. The van der Waals surface area contributed by atoms with Crippen molar-refractivity contribution in [1.29, 1.82) is 0 Å². The van der Waals surface area contributed by atoms with Gasteiger partial charge in [0, 0.05) is 0 Å². The smallest absolute Gasteiger partial charge is 0.249 e. The highest BCUT2D eigenvalue weighted by Crippen LogP contribution is 2.23. The van der Waals surface area contributed by atoms with Gasteiger partial charge in [-0.1, -0.05) is 141 Å². The van der Waals surface area contributed by atoms with Crippen LogP contribution in [0.5, 0.6) is 0 Å². The second kappa shape index (κ2) is 31.9. The lowest BCUT2D eigenvalue weighted by Crippen LogP contribution is -2.60. The van der Waals surface area contributed by atoms with Crippen molar-refractivity contribution in [3.63, 3.8) is 0 Å². The first-order chi connectivity index (χ1) is 25.2. The number of amides is 1. The van der Waals surface area contributed by atoms with Crippen molar-refractivity contribution in [3.05, 3.63) is 24.3 Å². The molecular weight excluding hydrogens is 666 g/mol. The van der Waals surface area contributed by atoms with Gasteiger partial charge < -0.3 is 50.5 Å². The maximum absolute atomic E-state index is 13.0. The Morgan fingerprint density at radius 2 is 1.15 bits per heavy atom. The molecule has 1 rings (SSSR count). The Labute approximate surface area is 314 Å². The van der Waals surface area contributed by atoms with Crippen LogP contribution in [0, 0.1) is 0 Å². The molecule has 0 aromatic rings. The van der Waals surface area contributed by atoms with Crippen molar-refractivity contribution < 1.29 is 50.0 Å². The van der Waals surface area contributed by atoms with E-state index in [9.17, 15) is 40.5 Å². The van der Waals surface area contributed by atoms with Crippen molar-refractivity contribution in [2.24, 2.45) is 0 Å². The molecule has 11 heteroatoms. The quantitative estimate of drug-likeness (QED) is 0.0315. The first-order valence-corrected chi connectivity index (χ1v) is 20.7. The Bertz CT molecular complexity index is 903. The number of carbonyl (C=O) groups is 1. The predicted molar refractivity (Wildman–Crippen MR) is 205 cm³/mol. The monoisotopic (exact) mass is 744 g/mol. The molecule has 1 amide bonds. The average molecular weight is 744 g/mol. The molecule has 0 aromatic carbocycles. The fraction of sp³-hybridized carbons (Fsp3) is 0.878. The highest BCUT2D eigenvalue weighted by atomic mass is 16.7. The number of hydrogen-bond donors (Lipinski definition) is 8. The maximum atomic E-state index is 13.0. The molecule has 1 aliphatic heterocycles. The number of carbonyl (C=O) groups excluding carboxylic acids is 1. The van der Waals surface area contributed by atoms with Crippen molar-refractivity contribution in [2.75, 3.05) is 13.2 Å². The number of unbranched alkanes of at least 4 members (excludes halogenated alkanes) is 17. The van der Waals surface area contributed by atoms with Crippen molar-refractivity contribution >= 4 is 5.91 Å². The van der Waals surface area contributed by atoms with E-state index in [4.69, 9.17) is 9.47 Å². The summed E-state index contributed by atoms with van der Waals surface area (Å²) in [4.78, 5) is 13.0. The largest absolute Gasteiger partial charge is 0.394 e. The van der Waals surface area contributed by atoms with E-state index in [2.05, 4.69) is 37.4 Å². The minimum absolute atomic E-state index is 0.246. The van der Waals surface area contributed by atoms with E-state index in [-0.39, 0.29) is 12.8 Å². The van der Waals surface area contributed by atoms with E-state index in [0.29, 0.717) is 19.3 Å². The number of nitrogens with one attached hydrogen (secondary N) is 1. The second-order valence-electron chi connectivity index (χ2n) is 14.7. The van der Waals surface area contributed by atoms with Gasteiger partial charge in [-0.3, -0.25) is 4.79 Å². The Morgan fingerprint density at radius 1 is 0.654 bits per heavy atom. The van der Waals surface area contributed by atoms with Gasteiger partial charge in [0.15, 0.2) is 6.29 Å². The van der Waals surface area contributed by atoms with Crippen molar-refractivity contribution in [3.8, 4) is 0 Å². The van der Waals surface area contributed by atoms with Gasteiger partial charge in [0.1, 0.15) is 36.6 Å². The van der Waals surface area contributed by atoms with E-state index in [1.54, 1.807) is 0 Å². The van der Waals surface area contributed by atoms with E-state index >= 15 is 0 Å². The van der Waals surface area contributed by atoms with Gasteiger partial charge in [-0.05, 0) is 44.9 Å². The van der Waals surface area contributed by atoms with Gasteiger partial charge in [-0.25, -0.2) is 0 Å². The normalized spacial score (nSPS) is 23.3. The van der Waals surface area contributed by atoms with Gasteiger partial charge in [-0.15, -0.1) is 0 Å². The fourth-order valence-electron chi connectivity index (χ4n) is 6.44. The lowest BCUT2D eigenvalue weighted by Gasteiger charge is -2.40.